The fourth-order valence-corrected chi connectivity index (χ4v) is 11.2. The number of benzene rings is 3. The molecule has 0 aliphatic carbocycles. The first-order valence-corrected chi connectivity index (χ1v) is 24.3. The van der Waals surface area contributed by atoms with E-state index in [0.717, 1.165) is 24.8 Å². The molecule has 6 atom stereocenters. The Morgan fingerprint density at radius 2 is 1.23 bits per heavy atom. The second-order valence-electron chi connectivity index (χ2n) is 19.6. The van der Waals surface area contributed by atoms with Crippen LogP contribution in [-0.4, -0.2) is 104 Å². The van der Waals surface area contributed by atoms with Gasteiger partial charge in [-0.3, -0.25) is 9.59 Å². The maximum absolute atomic E-state index is 16.8. The van der Waals surface area contributed by atoms with E-state index in [1.807, 2.05) is 36.9 Å². The number of rotatable bonds is 12. The number of anilines is 2. The van der Waals surface area contributed by atoms with E-state index in [4.69, 9.17) is 14.7 Å². The molecule has 0 unspecified atom stereocenters. The smallest absolute Gasteiger partial charge is 0.407 e. The number of aromatic nitrogens is 4. The molecule has 4 saturated heterocycles. The minimum atomic E-state index is -1.27. The molecule has 9 rings (SSSR count). The standard InChI is InChI=1S/C50H61F3N10O6/c1-26(2)42(58-49(66)67)47(64)61-19-9-11-40(61)45-54-34-14-13-28(21-35(34)55-45)38-15-16-39(63(38)29-22-32(52)44(33(53)23-29)60-17-7-6-8-18-60)30-24-36-37(25-31(30)51)57-46(56-36)41-12-10-20-62(41)48(65)43(27(3)4)59-50(68)69-5/h13-14,21-27,38-43,58H,6-12,15-20H2,1-5H3,(H,54,55)(H,56,57)(H,59,68)(H,66,67)/t38-,39-,40+,41+,42+,43+/m1/s1. The molecular formula is C50H61F3N10O6. The molecule has 4 fully saturated rings. The monoisotopic (exact) mass is 954 g/mol. The first kappa shape index (κ1) is 47.5. The average molecular weight is 955 g/mol. The predicted octanol–water partition coefficient (Wildman–Crippen LogP) is 8.93. The minimum absolute atomic E-state index is 0.0622. The number of carbonyl (C=O) groups is 4. The molecule has 368 valence electrons. The number of carboxylic acid groups (broad SMARTS) is 1. The number of methoxy groups -OCH3 is 1. The molecule has 0 spiro atoms. The molecule has 6 heterocycles. The van der Waals surface area contributed by atoms with Crippen molar-refractivity contribution in [2.45, 2.75) is 122 Å². The van der Waals surface area contributed by atoms with Crippen molar-refractivity contribution >= 4 is 57.4 Å². The number of halogens is 3. The number of fused-ring (bicyclic) bond motifs is 2. The van der Waals surface area contributed by atoms with Crippen LogP contribution in [0, 0.1) is 29.3 Å². The molecule has 16 nitrogen and oxygen atoms in total. The molecule has 19 heteroatoms. The van der Waals surface area contributed by atoms with Crippen LogP contribution in [0.15, 0.2) is 42.5 Å². The van der Waals surface area contributed by atoms with Crippen LogP contribution in [0.3, 0.4) is 0 Å². The Kier molecular flexibility index (Phi) is 13.4. The Hall–Kier alpha value is -6.53. The Morgan fingerprint density at radius 3 is 1.81 bits per heavy atom. The number of amides is 4. The van der Waals surface area contributed by atoms with E-state index < -0.39 is 65.9 Å². The van der Waals surface area contributed by atoms with Gasteiger partial charge >= 0.3 is 12.2 Å². The quantitative estimate of drug-likeness (QED) is 0.0807. The highest BCUT2D eigenvalue weighted by molar-refractivity contribution is 5.87. The van der Waals surface area contributed by atoms with Crippen LogP contribution in [0.25, 0.3) is 22.1 Å². The van der Waals surface area contributed by atoms with Crippen molar-refractivity contribution in [3.63, 3.8) is 0 Å². The van der Waals surface area contributed by atoms with Crippen LogP contribution < -0.4 is 20.4 Å². The lowest BCUT2D eigenvalue weighted by Crippen LogP contribution is -2.51. The van der Waals surface area contributed by atoms with Gasteiger partial charge in [0.2, 0.25) is 11.8 Å². The average Bonchev–Trinajstić information content (AvgIpc) is 4.18. The van der Waals surface area contributed by atoms with E-state index >= 15 is 13.2 Å². The summed E-state index contributed by atoms with van der Waals surface area (Å²) in [5.74, 6) is -1.94. The van der Waals surface area contributed by atoms with E-state index in [-0.39, 0.29) is 35.0 Å². The summed E-state index contributed by atoms with van der Waals surface area (Å²) in [7, 11) is 1.24. The third-order valence-corrected chi connectivity index (χ3v) is 14.6. The number of likely N-dealkylation sites (tertiary alicyclic amines) is 2. The second-order valence-corrected chi connectivity index (χ2v) is 19.6. The van der Waals surface area contributed by atoms with E-state index in [2.05, 4.69) is 20.6 Å². The number of alkyl carbamates (subject to hydrolysis) is 1. The number of hydrogen-bond donors (Lipinski definition) is 5. The fourth-order valence-electron chi connectivity index (χ4n) is 11.2. The summed E-state index contributed by atoms with van der Waals surface area (Å²) in [6.07, 6.45) is 4.29. The third kappa shape index (κ3) is 9.23. The fraction of sp³-hybridized carbons (Fsp3) is 0.520. The van der Waals surface area contributed by atoms with E-state index in [1.165, 1.54) is 25.3 Å². The zero-order chi connectivity index (χ0) is 48.8. The summed E-state index contributed by atoms with van der Waals surface area (Å²) in [5.41, 5.74) is 3.57. The molecule has 69 heavy (non-hydrogen) atoms. The Labute approximate surface area is 398 Å². The molecule has 4 aliphatic rings. The summed E-state index contributed by atoms with van der Waals surface area (Å²) in [5, 5.41) is 14.5. The van der Waals surface area contributed by atoms with Crippen molar-refractivity contribution in [3.05, 3.63) is 82.7 Å². The number of ether oxygens (including phenoxy) is 1. The largest absolute Gasteiger partial charge is 0.465 e. The molecule has 5 N–H and O–H groups in total. The van der Waals surface area contributed by atoms with Gasteiger partial charge in [0, 0.05) is 43.5 Å². The van der Waals surface area contributed by atoms with Crippen molar-refractivity contribution in [2.75, 3.05) is 43.1 Å². The van der Waals surface area contributed by atoms with E-state index in [1.54, 1.807) is 34.6 Å². The first-order chi connectivity index (χ1) is 33.1. The van der Waals surface area contributed by atoms with Crippen molar-refractivity contribution < 1.29 is 42.2 Å². The number of nitrogens with zero attached hydrogens (tertiary/aromatic N) is 6. The number of carbonyl (C=O) groups excluding carboxylic acids is 3. The van der Waals surface area contributed by atoms with Crippen molar-refractivity contribution in [1.82, 2.24) is 40.4 Å². The van der Waals surface area contributed by atoms with Gasteiger partial charge in [0.25, 0.3) is 0 Å². The minimum Gasteiger partial charge on any atom is -0.465 e. The van der Waals surface area contributed by atoms with Gasteiger partial charge in [0.15, 0.2) is 11.6 Å². The van der Waals surface area contributed by atoms with Gasteiger partial charge in [-0.15, -0.1) is 0 Å². The number of piperidine rings is 1. The normalized spacial score (nSPS) is 21.8. The van der Waals surface area contributed by atoms with E-state index in [0.29, 0.717) is 104 Å². The topological polar surface area (TPSA) is 192 Å². The van der Waals surface area contributed by atoms with Crippen molar-refractivity contribution in [2.24, 2.45) is 11.8 Å². The molecule has 3 aromatic carbocycles. The van der Waals surface area contributed by atoms with Crippen LogP contribution in [0.4, 0.5) is 34.1 Å². The highest BCUT2D eigenvalue weighted by atomic mass is 19.1. The first-order valence-electron chi connectivity index (χ1n) is 24.3. The molecule has 0 bridgehead atoms. The van der Waals surface area contributed by atoms with Gasteiger partial charge in [-0.25, -0.2) is 32.7 Å². The molecule has 2 aromatic heterocycles. The molecule has 4 amide bonds. The van der Waals surface area contributed by atoms with E-state index in [9.17, 15) is 24.3 Å². The van der Waals surface area contributed by atoms with Crippen LogP contribution in [0.5, 0.6) is 0 Å². The van der Waals surface area contributed by atoms with Crippen molar-refractivity contribution in [3.8, 4) is 0 Å². The summed E-state index contributed by atoms with van der Waals surface area (Å²) >= 11 is 0. The van der Waals surface area contributed by atoms with Crippen LogP contribution in [0.1, 0.15) is 132 Å². The summed E-state index contributed by atoms with van der Waals surface area (Å²) in [6, 6.07) is 7.81. The zero-order valence-electron chi connectivity index (χ0n) is 39.7. The maximum atomic E-state index is 16.8. The maximum Gasteiger partial charge on any atom is 0.407 e. The highest BCUT2D eigenvalue weighted by Gasteiger charge is 2.42. The Morgan fingerprint density at radius 1 is 0.667 bits per heavy atom. The van der Waals surface area contributed by atoms with Crippen LogP contribution in [0.2, 0.25) is 0 Å². The van der Waals surface area contributed by atoms with Crippen molar-refractivity contribution in [1.29, 1.82) is 0 Å². The lowest BCUT2D eigenvalue weighted by atomic mass is 10.0. The number of hydrogen-bond acceptors (Lipinski definition) is 9. The molecule has 0 saturated carbocycles. The number of aromatic amines is 2. The molecule has 5 aromatic rings. The summed E-state index contributed by atoms with van der Waals surface area (Å²) in [6.45, 7) is 9.26. The highest BCUT2D eigenvalue weighted by Crippen LogP contribution is 2.49. The molecular weight excluding hydrogens is 894 g/mol. The third-order valence-electron chi connectivity index (χ3n) is 14.6. The van der Waals surface area contributed by atoms with Gasteiger partial charge in [-0.05, 0) is 106 Å². The zero-order valence-corrected chi connectivity index (χ0v) is 39.7. The predicted molar refractivity (Wildman–Crippen MR) is 253 cm³/mol. The summed E-state index contributed by atoms with van der Waals surface area (Å²) in [4.78, 5) is 74.9. The second kappa shape index (κ2) is 19.5. The Balaban J connectivity index is 1.06. The van der Waals surface area contributed by atoms with Gasteiger partial charge in [-0.2, -0.15) is 0 Å². The van der Waals surface area contributed by atoms with Crippen LogP contribution in [-0.2, 0) is 14.3 Å². The molecule has 4 aliphatic heterocycles. The number of nitrogens with one attached hydrogen (secondary N) is 4. The lowest BCUT2D eigenvalue weighted by Gasteiger charge is -2.35. The number of H-pyrrole nitrogens is 2. The Bertz CT molecular complexity index is 2730. The lowest BCUT2D eigenvalue weighted by molar-refractivity contribution is -0.136. The number of imidazole rings is 2. The van der Waals surface area contributed by atoms with Crippen LogP contribution >= 0.6 is 0 Å². The van der Waals surface area contributed by atoms with Gasteiger partial charge < -0.3 is 50.0 Å². The SMILES string of the molecule is COC(=O)N[C@H](C(=O)N1CCC[C@H]1c1nc2cc(F)c([C@H]3CC[C@H](c4ccc5nc([C@@H]6CCCN6C(=O)[C@@H](NC(=O)O)C(C)C)[nH]c5c4)N3c3cc(F)c(N4CCCCC4)c(F)c3)cc2[nH]1)C(C)C. The van der Waals surface area contributed by atoms with Gasteiger partial charge in [-0.1, -0.05) is 33.8 Å². The van der Waals surface area contributed by atoms with Gasteiger partial charge in [0.1, 0.15) is 35.2 Å². The molecule has 0 radical (unpaired) electrons. The van der Waals surface area contributed by atoms with Gasteiger partial charge in [0.05, 0.1) is 53.3 Å². The summed E-state index contributed by atoms with van der Waals surface area (Å²) < 4.78 is 54.3.